The van der Waals surface area contributed by atoms with Gasteiger partial charge in [0.05, 0.1) is 49.1 Å². The van der Waals surface area contributed by atoms with Crippen molar-refractivity contribution in [2.24, 2.45) is 0 Å². The molecule has 0 aromatic heterocycles. The molecule has 0 aliphatic heterocycles. The second kappa shape index (κ2) is 55.0. The molecule has 0 saturated carbocycles. The third kappa shape index (κ3) is 44.1. The van der Waals surface area contributed by atoms with Crippen LogP contribution in [0.3, 0.4) is 0 Å². The van der Waals surface area contributed by atoms with Crippen molar-refractivity contribution in [3.8, 4) is 0 Å². The van der Waals surface area contributed by atoms with Crippen molar-refractivity contribution < 1.29 is 35.7 Å². The van der Waals surface area contributed by atoms with Gasteiger partial charge >= 0.3 is 0 Å². The third-order valence-corrected chi connectivity index (χ3v) is 22.1. The van der Waals surface area contributed by atoms with Crippen LogP contribution in [0.2, 0.25) is 0 Å². The molecular formula is C76H132N2O6P2S2. The molecule has 0 aliphatic rings. The molecule has 2 N–H and O–H groups in total. The Hall–Kier alpha value is -2.52. The first-order chi connectivity index (χ1) is 42.4. The van der Waals surface area contributed by atoms with Crippen LogP contribution in [0.25, 0.3) is 0 Å². The monoisotopic (exact) mass is 1290 g/mol. The van der Waals surface area contributed by atoms with E-state index in [0.717, 1.165) is 43.5 Å². The molecule has 0 amide bonds. The van der Waals surface area contributed by atoms with E-state index in [4.69, 9.17) is 0 Å². The normalized spacial score (nSPS) is 11.8. The lowest BCUT2D eigenvalue weighted by Gasteiger charge is -2.20. The quantitative estimate of drug-likeness (QED) is 0.0258. The zero-order valence-electron chi connectivity index (χ0n) is 58.0. The van der Waals surface area contributed by atoms with E-state index < -0.39 is 20.2 Å². The largest absolute Gasteiger partial charge is 0.744 e. The van der Waals surface area contributed by atoms with Crippen LogP contribution in [0, 0.1) is 27.7 Å². The summed E-state index contributed by atoms with van der Waals surface area (Å²) in [5.41, 5.74) is 4.31. The second-order valence-corrected chi connectivity index (χ2v) is 30.8. The summed E-state index contributed by atoms with van der Waals surface area (Å²) < 4.78 is 66.4. The van der Waals surface area contributed by atoms with Crippen molar-refractivity contribution in [2.45, 2.75) is 310 Å². The van der Waals surface area contributed by atoms with E-state index in [9.17, 15) is 25.9 Å². The van der Waals surface area contributed by atoms with Gasteiger partial charge in [-0.3, -0.25) is 0 Å². The van der Waals surface area contributed by atoms with Crippen LogP contribution in [0.5, 0.6) is 0 Å². The summed E-state index contributed by atoms with van der Waals surface area (Å²) in [4.78, 5) is 3.52. The summed E-state index contributed by atoms with van der Waals surface area (Å²) in [6.45, 7) is 30.4. The van der Waals surface area contributed by atoms with Gasteiger partial charge in [-0.1, -0.05) is 273 Å². The molecule has 88 heavy (non-hydrogen) atoms. The number of nitrogens with one attached hydrogen (secondary N) is 2. The Balaban J connectivity index is 0.000000590. The predicted molar refractivity (Wildman–Crippen MR) is 387 cm³/mol. The molecule has 0 heterocycles. The lowest BCUT2D eigenvalue weighted by Crippen LogP contribution is -3.12. The Labute approximate surface area is 547 Å². The van der Waals surface area contributed by atoms with Crippen molar-refractivity contribution >= 4 is 58.6 Å². The highest BCUT2D eigenvalue weighted by Crippen LogP contribution is 2.21. The zero-order chi connectivity index (χ0) is 64.9. The van der Waals surface area contributed by atoms with Gasteiger partial charge in [0.25, 0.3) is 0 Å². The number of benzene rings is 4. The third-order valence-electron chi connectivity index (χ3n) is 17.1. The van der Waals surface area contributed by atoms with Gasteiger partial charge in [0.15, 0.2) is 0 Å². The van der Waals surface area contributed by atoms with Gasteiger partial charge in [-0.05, 0) is 172 Å². The van der Waals surface area contributed by atoms with Gasteiger partial charge in [-0.15, -0.1) is 0 Å². The molecule has 504 valence electrons. The fourth-order valence-corrected chi connectivity index (χ4v) is 14.9. The fraction of sp³-hybridized carbons (Fsp3) is 0.684. The summed E-state index contributed by atoms with van der Waals surface area (Å²) in [6.07, 6.45) is 52.0. The van der Waals surface area contributed by atoms with E-state index >= 15 is 0 Å². The number of rotatable bonds is 48. The molecule has 0 radical (unpaired) electrons. The van der Waals surface area contributed by atoms with E-state index in [2.05, 4.69) is 41.5 Å². The first-order valence-electron chi connectivity index (χ1n) is 35.9. The molecule has 0 bridgehead atoms. The number of aryl methyl sites for hydroxylation is 4. The Morgan fingerprint density at radius 3 is 0.705 bits per heavy atom. The van der Waals surface area contributed by atoms with Crippen LogP contribution >= 0.6 is 17.2 Å². The van der Waals surface area contributed by atoms with Gasteiger partial charge in [0.2, 0.25) is 0 Å². The average molecular weight is 1300 g/mol. The molecule has 2 unspecified atom stereocenters. The lowest BCUT2D eigenvalue weighted by molar-refractivity contribution is -0.901. The van der Waals surface area contributed by atoms with Crippen molar-refractivity contribution in [1.82, 2.24) is 0 Å². The van der Waals surface area contributed by atoms with E-state index in [0.29, 0.717) is 17.2 Å². The number of hydrogen-bond acceptors (Lipinski definition) is 6. The van der Waals surface area contributed by atoms with Gasteiger partial charge in [0.1, 0.15) is 20.2 Å². The summed E-state index contributed by atoms with van der Waals surface area (Å²) in [7, 11) is -8.09. The summed E-state index contributed by atoms with van der Waals surface area (Å²) in [6, 6.07) is 25.0. The number of quaternary nitrogens is 2. The van der Waals surface area contributed by atoms with Gasteiger partial charge in [-0.2, -0.15) is 0 Å². The molecule has 0 fully saturated rings. The highest BCUT2D eigenvalue weighted by molar-refractivity contribution is 7.86. The Morgan fingerprint density at radius 2 is 0.489 bits per heavy atom. The highest BCUT2D eigenvalue weighted by Gasteiger charge is 2.12. The number of hydrogen-bond donors (Lipinski definition) is 2. The van der Waals surface area contributed by atoms with E-state index in [1.807, 2.05) is 86.0 Å². The molecule has 2 atom stereocenters. The van der Waals surface area contributed by atoms with Crippen molar-refractivity contribution in [1.29, 1.82) is 0 Å². The van der Waals surface area contributed by atoms with Crippen molar-refractivity contribution in [3.63, 3.8) is 0 Å². The maximum Gasteiger partial charge on any atom is 0.124 e. The summed E-state index contributed by atoms with van der Waals surface area (Å²) in [5, 5.41) is 4.11. The molecular weight excluding hydrogens is 1160 g/mol. The molecule has 0 spiro atoms. The summed E-state index contributed by atoms with van der Waals surface area (Å²) in [5.74, 6) is 0. The molecule has 0 aliphatic carbocycles. The predicted octanol–water partition coefficient (Wildman–Crippen LogP) is 17.6. The molecule has 12 heteroatoms. The first-order valence-corrected chi connectivity index (χ1v) is 40.7. The molecule has 4 rings (SSSR count). The van der Waals surface area contributed by atoms with Crippen LogP contribution < -0.4 is 31.0 Å². The van der Waals surface area contributed by atoms with Crippen LogP contribution in [0.1, 0.15) is 295 Å². The average Bonchev–Trinajstić information content (AvgIpc) is 3.55. The maximum absolute atomic E-state index is 11.1. The van der Waals surface area contributed by atoms with E-state index in [1.165, 1.54) is 295 Å². The van der Waals surface area contributed by atoms with Crippen LogP contribution in [0.4, 0.5) is 0 Å². The Morgan fingerprint density at radius 1 is 0.284 bits per heavy atom. The van der Waals surface area contributed by atoms with E-state index in [-0.39, 0.29) is 9.79 Å². The standard InChI is InChI=1S/2C24H51N.2C14H15O3PS/c2*1-4-7-10-13-16-19-22-25(23-20-17-14-11-8-5-2)24-21-18-15-12-9-6-3;2*1-10-5-3-4-6-13(10)18-14-9-12(19(15,16)17)8-7-11(14)2/h2*4-24H2,1-3H3;2*3-9,18H,1-2H3,(H,15,16,17). The molecule has 4 aromatic rings. The second-order valence-electron chi connectivity index (χ2n) is 25.3. The summed E-state index contributed by atoms with van der Waals surface area (Å²) >= 11 is 0. The maximum atomic E-state index is 11.1. The van der Waals surface area contributed by atoms with Gasteiger partial charge in [0, 0.05) is 0 Å². The van der Waals surface area contributed by atoms with Crippen LogP contribution in [-0.2, 0) is 20.2 Å². The van der Waals surface area contributed by atoms with E-state index in [1.54, 1.807) is 12.1 Å². The fourth-order valence-electron chi connectivity index (χ4n) is 11.2. The van der Waals surface area contributed by atoms with Gasteiger partial charge in [-0.25, -0.2) is 16.8 Å². The Kier molecular flexibility index (Phi) is 52.2. The van der Waals surface area contributed by atoms with Crippen molar-refractivity contribution in [2.75, 3.05) is 39.3 Å². The minimum atomic E-state index is -4.39. The van der Waals surface area contributed by atoms with Gasteiger partial charge < -0.3 is 18.9 Å². The highest BCUT2D eigenvalue weighted by atomic mass is 32.2. The zero-order valence-corrected chi connectivity index (χ0v) is 61.7. The molecule has 4 aromatic carbocycles. The lowest BCUT2D eigenvalue weighted by atomic mass is 10.1. The SMILES string of the molecule is CCCCCCCC[NH+](CCCCCCCC)CCCCCCCC.CCCCCCCC[NH+](CCCCCCCC)CCCCCCCC.Cc1ccccc1Pc1cc(S(=O)(=O)[O-])ccc1C.Cc1ccccc1Pc1cc(S(=O)(=O)[O-])ccc1C. The van der Waals surface area contributed by atoms with Crippen LogP contribution in [0.15, 0.2) is 94.7 Å². The Bertz CT molecular complexity index is 2280. The molecule has 8 nitrogen and oxygen atoms in total. The first kappa shape index (κ1) is 83.5. The smallest absolute Gasteiger partial charge is 0.124 e. The minimum Gasteiger partial charge on any atom is -0.744 e. The van der Waals surface area contributed by atoms with Crippen LogP contribution in [-0.4, -0.2) is 65.2 Å². The minimum absolute atomic E-state index is 0.158. The molecule has 0 saturated heterocycles. The topological polar surface area (TPSA) is 123 Å². The van der Waals surface area contributed by atoms with Crippen molar-refractivity contribution in [3.05, 3.63) is 107 Å². The number of unbranched alkanes of at least 4 members (excludes halogenated alkanes) is 30.